The average Bonchev–Trinajstić information content (AvgIpc) is 3.38. The molecule has 4 rings (SSSR count). The van der Waals surface area contributed by atoms with Gasteiger partial charge in [-0.3, -0.25) is 14.9 Å². The molecule has 1 aromatic rings. The lowest BCUT2D eigenvalue weighted by molar-refractivity contribution is -0.123. The van der Waals surface area contributed by atoms with Crippen LogP contribution in [-0.4, -0.2) is 49.1 Å². The first kappa shape index (κ1) is 19.2. The van der Waals surface area contributed by atoms with Gasteiger partial charge in [-0.15, -0.1) is 0 Å². The van der Waals surface area contributed by atoms with Crippen LogP contribution in [0.25, 0.3) is 0 Å². The van der Waals surface area contributed by atoms with Crippen molar-refractivity contribution in [3.8, 4) is 0 Å². The summed E-state index contributed by atoms with van der Waals surface area (Å²) in [5, 5.41) is 7.73. The zero-order chi connectivity index (χ0) is 20.4. The predicted molar refractivity (Wildman–Crippen MR) is 105 cm³/mol. The number of imide groups is 1. The number of esters is 1. The van der Waals surface area contributed by atoms with Crippen LogP contribution in [0.3, 0.4) is 0 Å². The van der Waals surface area contributed by atoms with Gasteiger partial charge in [0.25, 0.3) is 5.91 Å². The van der Waals surface area contributed by atoms with E-state index in [1.807, 2.05) is 4.90 Å². The predicted octanol–water partition coefficient (Wildman–Crippen LogP) is 1.53. The lowest BCUT2D eigenvalue weighted by atomic mass is 10.1. The maximum atomic E-state index is 12.3. The Morgan fingerprint density at radius 2 is 1.93 bits per heavy atom. The molecule has 0 unspecified atom stereocenters. The maximum Gasteiger partial charge on any atom is 0.338 e. The SMILES string of the molecule is O=C(COC(=O)c1ccc2c(c1)NC(=O)[C@@H]1CCCN21)NC(=O)NC1CCCC1. The Labute approximate surface area is 168 Å². The molecule has 154 valence electrons. The molecule has 29 heavy (non-hydrogen) atoms. The van der Waals surface area contributed by atoms with Crippen molar-refractivity contribution in [1.29, 1.82) is 0 Å². The van der Waals surface area contributed by atoms with Gasteiger partial charge in [0, 0.05) is 12.6 Å². The van der Waals surface area contributed by atoms with E-state index in [1.165, 1.54) is 0 Å². The van der Waals surface area contributed by atoms with E-state index in [-0.39, 0.29) is 23.6 Å². The molecule has 4 amide bonds. The molecular formula is C20H24N4O5. The number of hydrogen-bond donors (Lipinski definition) is 3. The number of nitrogens with zero attached hydrogens (tertiary/aromatic N) is 1. The van der Waals surface area contributed by atoms with E-state index in [0.29, 0.717) is 5.69 Å². The van der Waals surface area contributed by atoms with Gasteiger partial charge in [0.15, 0.2) is 6.61 Å². The number of anilines is 2. The van der Waals surface area contributed by atoms with Crippen LogP contribution < -0.4 is 20.9 Å². The first-order valence-corrected chi connectivity index (χ1v) is 10.0. The van der Waals surface area contributed by atoms with Gasteiger partial charge in [-0.1, -0.05) is 12.8 Å². The van der Waals surface area contributed by atoms with Crippen LogP contribution >= 0.6 is 0 Å². The molecule has 1 aromatic carbocycles. The summed E-state index contributed by atoms with van der Waals surface area (Å²) in [6.45, 7) is 0.243. The van der Waals surface area contributed by atoms with Crippen LogP contribution in [0, 0.1) is 0 Å². The Hall–Kier alpha value is -3.10. The van der Waals surface area contributed by atoms with Crippen LogP contribution in [0.1, 0.15) is 48.9 Å². The third-order valence-electron chi connectivity index (χ3n) is 5.63. The summed E-state index contributed by atoms with van der Waals surface area (Å²) >= 11 is 0. The molecule has 0 radical (unpaired) electrons. The van der Waals surface area contributed by atoms with Crippen LogP contribution in [0.4, 0.5) is 16.2 Å². The van der Waals surface area contributed by atoms with Crippen molar-refractivity contribution in [3.63, 3.8) is 0 Å². The number of benzene rings is 1. The lowest BCUT2D eigenvalue weighted by Gasteiger charge is -2.33. The quantitative estimate of drug-likeness (QED) is 0.660. The number of carbonyl (C=O) groups is 4. The number of fused-ring (bicyclic) bond motifs is 3. The number of nitrogens with one attached hydrogen (secondary N) is 3. The third-order valence-corrected chi connectivity index (χ3v) is 5.63. The van der Waals surface area contributed by atoms with Gasteiger partial charge in [0.1, 0.15) is 6.04 Å². The van der Waals surface area contributed by atoms with Gasteiger partial charge in [-0.05, 0) is 43.9 Å². The average molecular weight is 400 g/mol. The van der Waals surface area contributed by atoms with Crippen LogP contribution in [-0.2, 0) is 14.3 Å². The number of amides is 4. The molecule has 9 nitrogen and oxygen atoms in total. The molecular weight excluding hydrogens is 376 g/mol. The number of urea groups is 1. The highest BCUT2D eigenvalue weighted by atomic mass is 16.5. The van der Waals surface area contributed by atoms with E-state index in [0.717, 1.165) is 50.8 Å². The smallest absolute Gasteiger partial charge is 0.338 e. The van der Waals surface area contributed by atoms with E-state index in [2.05, 4.69) is 16.0 Å². The summed E-state index contributed by atoms with van der Waals surface area (Å²) in [6, 6.07) is 4.30. The molecule has 3 N–H and O–H groups in total. The van der Waals surface area contributed by atoms with Gasteiger partial charge < -0.3 is 20.3 Å². The second kappa shape index (κ2) is 8.10. The standard InChI is InChI=1S/C20H24N4O5/c25-17(23-20(28)21-13-4-1-2-5-13)11-29-19(27)12-7-8-15-14(10-12)22-18(26)16-6-3-9-24(15)16/h7-8,10,13,16H,1-6,9,11H2,(H,22,26)(H2,21,23,25,28)/t16-/m0/s1. The highest BCUT2D eigenvalue weighted by Gasteiger charge is 2.36. The van der Waals surface area contributed by atoms with Crippen molar-refractivity contribution in [2.75, 3.05) is 23.4 Å². The highest BCUT2D eigenvalue weighted by molar-refractivity contribution is 6.05. The number of hydrogen-bond acceptors (Lipinski definition) is 6. The molecule has 1 saturated carbocycles. The monoisotopic (exact) mass is 400 g/mol. The van der Waals surface area contributed by atoms with E-state index < -0.39 is 24.5 Å². The molecule has 0 bridgehead atoms. The number of carbonyl (C=O) groups excluding carboxylic acids is 4. The van der Waals surface area contributed by atoms with E-state index >= 15 is 0 Å². The topological polar surface area (TPSA) is 117 Å². The maximum absolute atomic E-state index is 12.3. The van der Waals surface area contributed by atoms with Crippen molar-refractivity contribution in [2.24, 2.45) is 0 Å². The summed E-state index contributed by atoms with van der Waals surface area (Å²) < 4.78 is 5.01. The van der Waals surface area contributed by atoms with Crippen molar-refractivity contribution < 1.29 is 23.9 Å². The first-order valence-electron chi connectivity index (χ1n) is 10.0. The molecule has 1 aliphatic carbocycles. The first-order chi connectivity index (χ1) is 14.0. The molecule has 1 saturated heterocycles. The van der Waals surface area contributed by atoms with Gasteiger partial charge >= 0.3 is 12.0 Å². The summed E-state index contributed by atoms with van der Waals surface area (Å²) in [7, 11) is 0. The Kier molecular flexibility index (Phi) is 5.37. The third kappa shape index (κ3) is 4.18. The number of rotatable bonds is 4. The summed E-state index contributed by atoms with van der Waals surface area (Å²) in [4.78, 5) is 50.2. The highest BCUT2D eigenvalue weighted by Crippen LogP contribution is 2.37. The zero-order valence-corrected chi connectivity index (χ0v) is 16.0. The Bertz CT molecular complexity index is 849. The molecule has 3 aliphatic rings. The fourth-order valence-corrected chi connectivity index (χ4v) is 4.23. The van der Waals surface area contributed by atoms with Crippen molar-refractivity contribution >= 4 is 35.2 Å². The molecule has 1 atom stereocenters. The normalized spacial score (nSPS) is 20.5. The van der Waals surface area contributed by atoms with E-state index in [4.69, 9.17) is 4.74 Å². The minimum atomic E-state index is -0.697. The Morgan fingerprint density at radius 3 is 2.72 bits per heavy atom. The molecule has 2 fully saturated rings. The van der Waals surface area contributed by atoms with Crippen LogP contribution in [0.15, 0.2) is 18.2 Å². The molecule has 0 spiro atoms. The Balaban J connectivity index is 1.31. The summed E-state index contributed by atoms with van der Waals surface area (Å²) in [6.07, 6.45) is 5.71. The number of ether oxygens (including phenoxy) is 1. The second-order valence-electron chi connectivity index (χ2n) is 7.65. The molecule has 2 aliphatic heterocycles. The van der Waals surface area contributed by atoms with E-state index in [1.54, 1.807) is 18.2 Å². The van der Waals surface area contributed by atoms with Crippen molar-refractivity contribution in [2.45, 2.75) is 50.6 Å². The molecule has 2 heterocycles. The van der Waals surface area contributed by atoms with Gasteiger partial charge in [-0.25, -0.2) is 9.59 Å². The van der Waals surface area contributed by atoms with E-state index in [9.17, 15) is 19.2 Å². The van der Waals surface area contributed by atoms with Crippen molar-refractivity contribution in [3.05, 3.63) is 23.8 Å². The lowest BCUT2D eigenvalue weighted by Crippen LogP contribution is -2.45. The largest absolute Gasteiger partial charge is 0.452 e. The molecule has 0 aromatic heterocycles. The Morgan fingerprint density at radius 1 is 1.14 bits per heavy atom. The van der Waals surface area contributed by atoms with Crippen LogP contribution in [0.5, 0.6) is 0 Å². The minimum Gasteiger partial charge on any atom is -0.452 e. The minimum absolute atomic E-state index is 0.0758. The zero-order valence-electron chi connectivity index (χ0n) is 16.0. The van der Waals surface area contributed by atoms with Gasteiger partial charge in [-0.2, -0.15) is 0 Å². The molecule has 9 heteroatoms. The summed E-state index contributed by atoms with van der Waals surface area (Å²) in [5.41, 5.74) is 1.66. The summed E-state index contributed by atoms with van der Waals surface area (Å²) in [5.74, 6) is -1.47. The second-order valence-corrected chi connectivity index (χ2v) is 7.65. The fourth-order valence-electron chi connectivity index (χ4n) is 4.23. The van der Waals surface area contributed by atoms with Gasteiger partial charge in [0.2, 0.25) is 5.91 Å². The van der Waals surface area contributed by atoms with Crippen LogP contribution in [0.2, 0.25) is 0 Å². The fraction of sp³-hybridized carbons (Fsp3) is 0.500. The van der Waals surface area contributed by atoms with Gasteiger partial charge in [0.05, 0.1) is 16.9 Å². The van der Waals surface area contributed by atoms with Crippen molar-refractivity contribution in [1.82, 2.24) is 10.6 Å².